The SMILES string of the molecule is NS(=O)(=O)CCCC(=O)NCCCC(=O)N1CCc2ccccc2C1. The molecule has 0 saturated heterocycles. The van der Waals surface area contributed by atoms with Gasteiger partial charge in [0, 0.05) is 32.5 Å². The molecule has 0 aromatic heterocycles. The Morgan fingerprint density at radius 2 is 1.84 bits per heavy atom. The third-order valence-electron chi connectivity index (χ3n) is 4.21. The van der Waals surface area contributed by atoms with E-state index in [4.69, 9.17) is 5.14 Å². The Kier molecular flexibility index (Phi) is 6.95. The standard InChI is InChI=1S/C17H25N3O4S/c18-25(23,24)12-4-7-16(21)19-10-3-8-17(22)20-11-9-14-5-1-2-6-15(14)13-20/h1-2,5-6H,3-4,7-13H2,(H,19,21)(H2,18,23,24). The number of fused-ring (bicyclic) bond motifs is 1. The molecule has 1 aromatic rings. The average molecular weight is 367 g/mol. The van der Waals surface area contributed by atoms with E-state index in [-0.39, 0.29) is 30.4 Å². The lowest BCUT2D eigenvalue weighted by molar-refractivity contribution is -0.132. The maximum absolute atomic E-state index is 12.3. The van der Waals surface area contributed by atoms with Crippen LogP contribution in [0.15, 0.2) is 24.3 Å². The molecular weight excluding hydrogens is 342 g/mol. The molecule has 0 fully saturated rings. The van der Waals surface area contributed by atoms with Crippen LogP contribution >= 0.6 is 0 Å². The van der Waals surface area contributed by atoms with E-state index < -0.39 is 10.0 Å². The Labute approximate surface area is 148 Å². The van der Waals surface area contributed by atoms with E-state index in [1.54, 1.807) is 0 Å². The van der Waals surface area contributed by atoms with Gasteiger partial charge in [-0.3, -0.25) is 9.59 Å². The number of benzene rings is 1. The van der Waals surface area contributed by atoms with E-state index in [0.29, 0.717) is 25.9 Å². The molecule has 138 valence electrons. The van der Waals surface area contributed by atoms with Crippen LogP contribution in [0.2, 0.25) is 0 Å². The number of nitrogens with zero attached hydrogens (tertiary/aromatic N) is 1. The minimum Gasteiger partial charge on any atom is -0.356 e. The highest BCUT2D eigenvalue weighted by molar-refractivity contribution is 7.89. The van der Waals surface area contributed by atoms with Gasteiger partial charge >= 0.3 is 0 Å². The van der Waals surface area contributed by atoms with Crippen LogP contribution in [0.3, 0.4) is 0 Å². The Balaban J connectivity index is 1.62. The van der Waals surface area contributed by atoms with Gasteiger partial charge in [0.2, 0.25) is 21.8 Å². The fourth-order valence-corrected chi connectivity index (χ4v) is 3.40. The molecular formula is C17H25N3O4S. The molecule has 2 rings (SSSR count). The predicted octanol–water partition coefficient (Wildman–Crippen LogP) is 0.536. The van der Waals surface area contributed by atoms with Crippen LogP contribution in [0, 0.1) is 0 Å². The number of hydrogen-bond donors (Lipinski definition) is 2. The van der Waals surface area contributed by atoms with Gasteiger partial charge in [-0.15, -0.1) is 0 Å². The zero-order valence-corrected chi connectivity index (χ0v) is 15.1. The summed E-state index contributed by atoms with van der Waals surface area (Å²) in [5.74, 6) is -0.323. The molecule has 2 amide bonds. The van der Waals surface area contributed by atoms with Gasteiger partial charge in [0.1, 0.15) is 0 Å². The number of hydrogen-bond acceptors (Lipinski definition) is 4. The van der Waals surface area contributed by atoms with Crippen LogP contribution in [-0.4, -0.2) is 44.0 Å². The van der Waals surface area contributed by atoms with E-state index in [9.17, 15) is 18.0 Å². The molecule has 0 bridgehead atoms. The van der Waals surface area contributed by atoms with Crippen LogP contribution in [0.5, 0.6) is 0 Å². The number of primary sulfonamides is 1. The van der Waals surface area contributed by atoms with Crippen molar-refractivity contribution in [3.05, 3.63) is 35.4 Å². The van der Waals surface area contributed by atoms with E-state index in [0.717, 1.165) is 13.0 Å². The molecule has 0 radical (unpaired) electrons. The summed E-state index contributed by atoms with van der Waals surface area (Å²) in [6.45, 7) is 1.79. The summed E-state index contributed by atoms with van der Waals surface area (Å²) in [4.78, 5) is 25.7. The van der Waals surface area contributed by atoms with Crippen molar-refractivity contribution in [1.29, 1.82) is 0 Å². The molecule has 1 aliphatic heterocycles. The van der Waals surface area contributed by atoms with Gasteiger partial charge in [-0.1, -0.05) is 24.3 Å². The summed E-state index contributed by atoms with van der Waals surface area (Å²) in [5, 5.41) is 7.57. The van der Waals surface area contributed by atoms with Crippen LogP contribution < -0.4 is 10.5 Å². The van der Waals surface area contributed by atoms with Crippen molar-refractivity contribution in [2.24, 2.45) is 5.14 Å². The first kappa shape index (κ1) is 19.4. The second-order valence-electron chi connectivity index (χ2n) is 6.26. The molecule has 1 heterocycles. The fourth-order valence-electron chi connectivity index (χ4n) is 2.86. The highest BCUT2D eigenvalue weighted by atomic mass is 32.2. The molecule has 0 saturated carbocycles. The van der Waals surface area contributed by atoms with E-state index in [1.165, 1.54) is 11.1 Å². The van der Waals surface area contributed by atoms with Crippen LogP contribution in [0.4, 0.5) is 0 Å². The summed E-state index contributed by atoms with van der Waals surface area (Å²) in [5.41, 5.74) is 2.50. The smallest absolute Gasteiger partial charge is 0.222 e. The monoisotopic (exact) mass is 367 g/mol. The molecule has 7 nitrogen and oxygen atoms in total. The lowest BCUT2D eigenvalue weighted by Crippen LogP contribution is -2.36. The largest absolute Gasteiger partial charge is 0.356 e. The first-order valence-corrected chi connectivity index (χ1v) is 10.2. The summed E-state index contributed by atoms with van der Waals surface area (Å²) < 4.78 is 21.6. The van der Waals surface area contributed by atoms with Crippen LogP contribution in [0.25, 0.3) is 0 Å². The molecule has 0 atom stereocenters. The molecule has 1 aliphatic rings. The normalized spacial score (nSPS) is 14.0. The van der Waals surface area contributed by atoms with Crippen molar-refractivity contribution in [1.82, 2.24) is 10.2 Å². The maximum Gasteiger partial charge on any atom is 0.222 e. The first-order chi connectivity index (χ1) is 11.8. The second kappa shape index (κ2) is 8.96. The molecule has 0 spiro atoms. The molecule has 8 heteroatoms. The highest BCUT2D eigenvalue weighted by Gasteiger charge is 2.19. The zero-order valence-electron chi connectivity index (χ0n) is 14.2. The minimum atomic E-state index is -3.52. The van der Waals surface area contributed by atoms with Crippen molar-refractivity contribution in [3.63, 3.8) is 0 Å². The van der Waals surface area contributed by atoms with Crippen molar-refractivity contribution in [2.75, 3.05) is 18.8 Å². The summed E-state index contributed by atoms with van der Waals surface area (Å²) in [6, 6.07) is 8.15. The average Bonchev–Trinajstić information content (AvgIpc) is 2.57. The van der Waals surface area contributed by atoms with Crippen LogP contribution in [0.1, 0.15) is 36.8 Å². The van der Waals surface area contributed by atoms with Crippen molar-refractivity contribution >= 4 is 21.8 Å². The van der Waals surface area contributed by atoms with Crippen molar-refractivity contribution in [3.8, 4) is 0 Å². The van der Waals surface area contributed by atoms with Gasteiger partial charge in [-0.25, -0.2) is 13.6 Å². The van der Waals surface area contributed by atoms with Gasteiger partial charge in [0.15, 0.2) is 0 Å². The summed E-state index contributed by atoms with van der Waals surface area (Å²) in [6.07, 6.45) is 2.16. The van der Waals surface area contributed by atoms with E-state index in [1.807, 2.05) is 17.0 Å². The summed E-state index contributed by atoms with van der Waals surface area (Å²) >= 11 is 0. The third kappa shape index (κ3) is 6.83. The van der Waals surface area contributed by atoms with Gasteiger partial charge < -0.3 is 10.2 Å². The fraction of sp³-hybridized carbons (Fsp3) is 0.529. The minimum absolute atomic E-state index is 0.0953. The maximum atomic E-state index is 12.3. The topological polar surface area (TPSA) is 110 Å². The second-order valence-corrected chi connectivity index (χ2v) is 7.99. The Hall–Kier alpha value is -1.93. The van der Waals surface area contributed by atoms with E-state index >= 15 is 0 Å². The van der Waals surface area contributed by atoms with Crippen molar-refractivity contribution < 1.29 is 18.0 Å². The molecule has 1 aromatic carbocycles. The number of amides is 2. The lowest BCUT2D eigenvalue weighted by Gasteiger charge is -2.29. The van der Waals surface area contributed by atoms with Gasteiger partial charge in [0.25, 0.3) is 0 Å². The number of nitrogens with two attached hydrogens (primary N) is 1. The number of rotatable bonds is 8. The lowest BCUT2D eigenvalue weighted by atomic mass is 9.99. The molecule has 0 aliphatic carbocycles. The number of carbonyl (C=O) groups is 2. The van der Waals surface area contributed by atoms with Gasteiger partial charge in [-0.2, -0.15) is 0 Å². The van der Waals surface area contributed by atoms with E-state index in [2.05, 4.69) is 17.4 Å². The Morgan fingerprint density at radius 1 is 1.12 bits per heavy atom. The highest BCUT2D eigenvalue weighted by Crippen LogP contribution is 2.19. The first-order valence-electron chi connectivity index (χ1n) is 8.47. The molecule has 25 heavy (non-hydrogen) atoms. The van der Waals surface area contributed by atoms with Crippen LogP contribution in [-0.2, 0) is 32.6 Å². The molecule has 0 unspecified atom stereocenters. The Bertz CT molecular complexity index is 718. The quantitative estimate of drug-likeness (QED) is 0.653. The van der Waals surface area contributed by atoms with Crippen molar-refractivity contribution in [2.45, 2.75) is 38.6 Å². The predicted molar refractivity (Wildman–Crippen MR) is 95.0 cm³/mol. The summed E-state index contributed by atoms with van der Waals surface area (Å²) in [7, 11) is -3.52. The van der Waals surface area contributed by atoms with Gasteiger partial charge in [-0.05, 0) is 30.4 Å². The van der Waals surface area contributed by atoms with Gasteiger partial charge in [0.05, 0.1) is 5.75 Å². The number of sulfonamides is 1. The molecule has 3 N–H and O–H groups in total. The number of nitrogens with one attached hydrogen (secondary N) is 1. The Morgan fingerprint density at radius 3 is 2.56 bits per heavy atom. The zero-order chi connectivity index (χ0) is 18.3. The number of carbonyl (C=O) groups excluding carboxylic acids is 2. The third-order valence-corrected chi connectivity index (χ3v) is 5.06.